The van der Waals surface area contributed by atoms with Crippen molar-refractivity contribution in [1.29, 1.82) is 0 Å². The van der Waals surface area contributed by atoms with Crippen LogP contribution in [0.15, 0.2) is 0 Å². The lowest BCUT2D eigenvalue weighted by Crippen LogP contribution is -2.28. The third kappa shape index (κ3) is 2.23. The van der Waals surface area contributed by atoms with Crippen molar-refractivity contribution in [1.82, 2.24) is 0 Å². The molecule has 0 rings (SSSR count). The highest BCUT2D eigenvalue weighted by Gasteiger charge is 2.12. The summed E-state index contributed by atoms with van der Waals surface area (Å²) in [6, 6.07) is 0. The summed E-state index contributed by atoms with van der Waals surface area (Å²) in [4.78, 5) is 0. The second-order valence-corrected chi connectivity index (χ2v) is 1.25. The van der Waals surface area contributed by atoms with Crippen LogP contribution in [0.2, 0.25) is 0 Å². The van der Waals surface area contributed by atoms with Crippen molar-refractivity contribution in [3.63, 3.8) is 0 Å². The molecule has 0 fully saturated rings. The van der Waals surface area contributed by atoms with Gasteiger partial charge in [-0.25, -0.2) is 0 Å². The molecule has 0 atom stereocenters. The Labute approximate surface area is 47.6 Å². The van der Waals surface area contributed by atoms with Gasteiger partial charge in [0.15, 0.2) is 0 Å². The summed E-state index contributed by atoms with van der Waals surface area (Å²) < 4.78 is 8.88. The number of aliphatic hydroxyl groups is 2. The average Bonchev–Trinajstić information content (AvgIpc) is 1.69. The SMILES string of the molecule is COC(OC)C(O)O. The summed E-state index contributed by atoms with van der Waals surface area (Å²) in [6.45, 7) is 0. The smallest absolute Gasteiger partial charge is 0.208 e. The number of aliphatic hydroxyl groups excluding tert-OH is 1. The second kappa shape index (κ2) is 3.80. The maximum Gasteiger partial charge on any atom is 0.208 e. The fraction of sp³-hybridized carbons (Fsp3) is 1.00. The lowest BCUT2D eigenvalue weighted by Gasteiger charge is -2.13. The summed E-state index contributed by atoms with van der Waals surface area (Å²) in [7, 11) is 2.65. The zero-order valence-corrected chi connectivity index (χ0v) is 4.87. The molecule has 0 aromatic rings. The van der Waals surface area contributed by atoms with Gasteiger partial charge in [0.25, 0.3) is 0 Å². The van der Waals surface area contributed by atoms with Crippen molar-refractivity contribution >= 4 is 0 Å². The Morgan fingerprint density at radius 1 is 1.12 bits per heavy atom. The van der Waals surface area contributed by atoms with E-state index >= 15 is 0 Å². The molecule has 0 radical (unpaired) electrons. The van der Waals surface area contributed by atoms with E-state index in [4.69, 9.17) is 10.2 Å². The van der Waals surface area contributed by atoms with E-state index in [0.717, 1.165) is 0 Å². The lowest BCUT2D eigenvalue weighted by molar-refractivity contribution is -0.233. The van der Waals surface area contributed by atoms with Gasteiger partial charge in [0.2, 0.25) is 12.6 Å². The molecule has 0 amide bonds. The average molecular weight is 122 g/mol. The number of methoxy groups -OCH3 is 2. The van der Waals surface area contributed by atoms with Crippen LogP contribution < -0.4 is 0 Å². The summed E-state index contributed by atoms with van der Waals surface area (Å²) in [5, 5.41) is 16.6. The number of ether oxygens (including phenoxy) is 2. The zero-order valence-electron chi connectivity index (χ0n) is 4.87. The van der Waals surface area contributed by atoms with Gasteiger partial charge in [-0.3, -0.25) is 0 Å². The molecule has 0 aliphatic carbocycles. The summed E-state index contributed by atoms with van der Waals surface area (Å²) in [5.41, 5.74) is 0. The molecule has 8 heavy (non-hydrogen) atoms. The van der Waals surface area contributed by atoms with Gasteiger partial charge in [0.05, 0.1) is 0 Å². The lowest BCUT2D eigenvalue weighted by atomic mass is 10.6. The quantitative estimate of drug-likeness (QED) is 0.467. The van der Waals surface area contributed by atoms with Gasteiger partial charge in [0, 0.05) is 14.2 Å². The normalized spacial score (nSPS) is 11.2. The Kier molecular flexibility index (Phi) is 3.72. The van der Waals surface area contributed by atoms with Crippen molar-refractivity contribution in [2.24, 2.45) is 0 Å². The molecule has 0 aromatic carbocycles. The highest BCUT2D eigenvalue weighted by molar-refractivity contribution is 4.39. The van der Waals surface area contributed by atoms with Gasteiger partial charge >= 0.3 is 0 Å². The third-order valence-corrected chi connectivity index (χ3v) is 0.708. The van der Waals surface area contributed by atoms with Crippen LogP contribution in [0.25, 0.3) is 0 Å². The Morgan fingerprint density at radius 2 is 1.50 bits per heavy atom. The van der Waals surface area contributed by atoms with Crippen molar-refractivity contribution in [2.75, 3.05) is 14.2 Å². The molecule has 0 saturated heterocycles. The predicted molar refractivity (Wildman–Crippen MR) is 26.0 cm³/mol. The van der Waals surface area contributed by atoms with E-state index in [1.54, 1.807) is 0 Å². The van der Waals surface area contributed by atoms with E-state index in [0.29, 0.717) is 0 Å². The third-order valence-electron chi connectivity index (χ3n) is 0.708. The summed E-state index contributed by atoms with van der Waals surface area (Å²) in [5.74, 6) is 0. The minimum atomic E-state index is -1.56. The van der Waals surface area contributed by atoms with Crippen LogP contribution in [0.1, 0.15) is 0 Å². The Morgan fingerprint density at radius 3 is 1.50 bits per heavy atom. The Balaban J connectivity index is 3.35. The Hall–Kier alpha value is -0.160. The molecule has 0 aromatic heterocycles. The molecular weight excluding hydrogens is 112 g/mol. The molecule has 4 heteroatoms. The Bertz CT molecular complexity index is 50.0. The van der Waals surface area contributed by atoms with Crippen LogP contribution in [0.4, 0.5) is 0 Å². The minimum absolute atomic E-state index is 0.935. The van der Waals surface area contributed by atoms with E-state index < -0.39 is 12.6 Å². The van der Waals surface area contributed by atoms with Gasteiger partial charge in [-0.1, -0.05) is 0 Å². The van der Waals surface area contributed by atoms with Gasteiger partial charge in [-0.2, -0.15) is 0 Å². The number of hydrogen-bond acceptors (Lipinski definition) is 4. The topological polar surface area (TPSA) is 58.9 Å². The standard InChI is InChI=1S/C4H10O4/c1-7-4(8-2)3(5)6/h3-6H,1-2H3. The molecule has 0 unspecified atom stereocenters. The van der Waals surface area contributed by atoms with Gasteiger partial charge in [-0.15, -0.1) is 0 Å². The van der Waals surface area contributed by atoms with Gasteiger partial charge in [-0.05, 0) is 0 Å². The van der Waals surface area contributed by atoms with E-state index in [2.05, 4.69) is 9.47 Å². The van der Waals surface area contributed by atoms with Gasteiger partial charge < -0.3 is 19.7 Å². The van der Waals surface area contributed by atoms with Gasteiger partial charge in [0.1, 0.15) is 0 Å². The fourth-order valence-corrected chi connectivity index (χ4v) is 0.340. The van der Waals surface area contributed by atoms with E-state index in [9.17, 15) is 0 Å². The summed E-state index contributed by atoms with van der Waals surface area (Å²) in [6.07, 6.45) is -2.50. The van der Waals surface area contributed by atoms with Crippen molar-refractivity contribution < 1.29 is 19.7 Å². The highest BCUT2D eigenvalue weighted by Crippen LogP contribution is 1.93. The first-order valence-electron chi connectivity index (χ1n) is 2.14. The highest BCUT2D eigenvalue weighted by atomic mass is 16.7. The zero-order chi connectivity index (χ0) is 6.57. The molecule has 0 heterocycles. The largest absolute Gasteiger partial charge is 0.364 e. The molecule has 0 bridgehead atoms. The van der Waals surface area contributed by atoms with Crippen LogP contribution in [-0.2, 0) is 9.47 Å². The van der Waals surface area contributed by atoms with Crippen LogP contribution in [-0.4, -0.2) is 37.0 Å². The maximum absolute atomic E-state index is 8.32. The monoisotopic (exact) mass is 122 g/mol. The fourth-order valence-electron chi connectivity index (χ4n) is 0.340. The van der Waals surface area contributed by atoms with Crippen molar-refractivity contribution in [3.8, 4) is 0 Å². The first-order valence-corrected chi connectivity index (χ1v) is 2.14. The molecule has 0 aliphatic heterocycles. The second-order valence-electron chi connectivity index (χ2n) is 1.25. The molecule has 0 spiro atoms. The van der Waals surface area contributed by atoms with E-state index in [-0.39, 0.29) is 0 Å². The van der Waals surface area contributed by atoms with Crippen molar-refractivity contribution in [3.05, 3.63) is 0 Å². The molecule has 0 aliphatic rings. The van der Waals surface area contributed by atoms with Crippen molar-refractivity contribution in [2.45, 2.75) is 12.6 Å². The first kappa shape index (κ1) is 7.84. The minimum Gasteiger partial charge on any atom is -0.364 e. The molecule has 2 N–H and O–H groups in total. The van der Waals surface area contributed by atoms with E-state index in [1.807, 2.05) is 0 Å². The molecule has 0 saturated carbocycles. The maximum atomic E-state index is 8.32. The number of hydrogen-bond donors (Lipinski definition) is 2. The molecular formula is C4H10O4. The summed E-state index contributed by atoms with van der Waals surface area (Å²) >= 11 is 0. The van der Waals surface area contributed by atoms with Crippen LogP contribution in [0.3, 0.4) is 0 Å². The molecule has 4 nitrogen and oxygen atoms in total. The van der Waals surface area contributed by atoms with Crippen LogP contribution in [0.5, 0.6) is 0 Å². The van der Waals surface area contributed by atoms with E-state index in [1.165, 1.54) is 14.2 Å². The number of rotatable bonds is 3. The van der Waals surface area contributed by atoms with Crippen LogP contribution >= 0.6 is 0 Å². The molecule has 50 valence electrons. The van der Waals surface area contributed by atoms with Crippen LogP contribution in [0, 0.1) is 0 Å². The predicted octanol–water partition coefficient (Wildman–Crippen LogP) is -1.08. The first-order chi connectivity index (χ1) is 3.72.